The number of rotatable bonds is 6. The average molecular weight is 423 g/mol. The second-order valence-corrected chi connectivity index (χ2v) is 8.81. The van der Waals surface area contributed by atoms with Crippen LogP contribution >= 0.6 is 0 Å². The van der Waals surface area contributed by atoms with Crippen LogP contribution in [-0.4, -0.2) is 31.2 Å². The summed E-state index contributed by atoms with van der Waals surface area (Å²) in [6.07, 6.45) is 3.79. The van der Waals surface area contributed by atoms with Crippen LogP contribution in [0.2, 0.25) is 0 Å². The summed E-state index contributed by atoms with van der Waals surface area (Å²) in [6.45, 7) is 0. The number of carbonyl (C=O) groups excluding carboxylic acids is 1. The number of hydrogen-bond donors (Lipinski definition) is 3. The zero-order valence-corrected chi connectivity index (χ0v) is 17.2. The van der Waals surface area contributed by atoms with Crippen LogP contribution in [0.3, 0.4) is 0 Å². The first-order valence-electron chi connectivity index (χ1n) is 9.50. The van der Waals surface area contributed by atoms with E-state index in [0.717, 1.165) is 29.7 Å². The van der Waals surface area contributed by atoms with Crippen LogP contribution in [0, 0.1) is 0 Å². The number of fused-ring (bicyclic) bond motifs is 1. The number of Topliss-reactive ketones (excluding diaryl/α,β-unsaturated/α-hetero) is 1. The summed E-state index contributed by atoms with van der Waals surface area (Å²) in [7, 11) is -2.16. The lowest BCUT2D eigenvalue weighted by atomic mass is 9.90. The number of carbonyl (C=O) groups is 1. The largest absolute Gasteiger partial charge is 0.340 e. The van der Waals surface area contributed by atoms with Gasteiger partial charge in [0.15, 0.2) is 5.78 Å². The lowest BCUT2D eigenvalue weighted by molar-refractivity contribution is 0.0972. The van der Waals surface area contributed by atoms with Gasteiger partial charge in [-0.3, -0.25) is 4.79 Å². The number of aryl methyl sites for hydroxylation is 1. The van der Waals surface area contributed by atoms with Crippen LogP contribution in [0.25, 0.3) is 0 Å². The van der Waals surface area contributed by atoms with E-state index in [4.69, 9.17) is 0 Å². The SMILES string of the molecule is CNS(=O)(=O)c1cccc(Nc2cc(Nc3ccc4c(c3)CCCC4=O)ncn2)c1. The molecule has 30 heavy (non-hydrogen) atoms. The Morgan fingerprint density at radius 1 is 0.900 bits per heavy atom. The van der Waals surface area contributed by atoms with Crippen LogP contribution in [-0.2, 0) is 16.4 Å². The molecule has 0 saturated carbocycles. The normalized spacial score (nSPS) is 13.6. The molecule has 1 heterocycles. The highest BCUT2D eigenvalue weighted by Crippen LogP contribution is 2.26. The molecule has 8 nitrogen and oxygen atoms in total. The molecule has 2 aromatic carbocycles. The maximum Gasteiger partial charge on any atom is 0.240 e. The van der Waals surface area contributed by atoms with Crippen molar-refractivity contribution in [2.24, 2.45) is 0 Å². The first kappa shape index (κ1) is 20.0. The van der Waals surface area contributed by atoms with E-state index in [-0.39, 0.29) is 10.7 Å². The maximum absolute atomic E-state index is 12.0. The van der Waals surface area contributed by atoms with Gasteiger partial charge < -0.3 is 10.6 Å². The van der Waals surface area contributed by atoms with Gasteiger partial charge >= 0.3 is 0 Å². The van der Waals surface area contributed by atoms with Crippen LogP contribution in [0.5, 0.6) is 0 Å². The third kappa shape index (κ3) is 4.32. The second kappa shape index (κ2) is 8.21. The number of aromatic nitrogens is 2. The summed E-state index contributed by atoms with van der Waals surface area (Å²) in [4.78, 5) is 20.6. The van der Waals surface area contributed by atoms with Crippen molar-refractivity contribution >= 4 is 38.8 Å². The first-order valence-corrected chi connectivity index (χ1v) is 11.0. The molecule has 1 aliphatic carbocycles. The third-order valence-corrected chi connectivity index (χ3v) is 6.29. The van der Waals surface area contributed by atoms with Gasteiger partial charge in [0, 0.05) is 29.4 Å². The van der Waals surface area contributed by atoms with Gasteiger partial charge in [0.2, 0.25) is 10.0 Å². The van der Waals surface area contributed by atoms with Crippen molar-refractivity contribution in [2.75, 3.05) is 17.7 Å². The van der Waals surface area contributed by atoms with Gasteiger partial charge in [-0.05, 0) is 61.9 Å². The fourth-order valence-electron chi connectivity index (χ4n) is 3.37. The van der Waals surface area contributed by atoms with E-state index < -0.39 is 10.0 Å². The molecule has 0 radical (unpaired) electrons. The fraction of sp³-hybridized carbons (Fsp3) is 0.190. The molecule has 0 saturated heterocycles. The summed E-state index contributed by atoms with van der Waals surface area (Å²) >= 11 is 0. The lowest BCUT2D eigenvalue weighted by Gasteiger charge is -2.16. The fourth-order valence-corrected chi connectivity index (χ4v) is 4.15. The minimum absolute atomic E-state index is 0.158. The molecule has 0 bridgehead atoms. The van der Waals surface area contributed by atoms with E-state index >= 15 is 0 Å². The molecule has 3 N–H and O–H groups in total. The van der Waals surface area contributed by atoms with Gasteiger partial charge in [0.1, 0.15) is 18.0 Å². The van der Waals surface area contributed by atoms with E-state index in [2.05, 4.69) is 25.3 Å². The Morgan fingerprint density at radius 3 is 2.37 bits per heavy atom. The standard InChI is InChI=1S/C21H21N5O3S/c1-22-30(28,29)17-6-3-5-15(11-17)25-20-12-21(24-13-23-20)26-16-8-9-18-14(10-16)4-2-7-19(18)27/h3,5-6,8-13,22H,2,4,7H2,1H3,(H2,23,24,25,26). The Kier molecular flexibility index (Phi) is 5.47. The van der Waals surface area contributed by atoms with E-state index in [0.29, 0.717) is 23.7 Å². The highest BCUT2D eigenvalue weighted by atomic mass is 32.2. The summed E-state index contributed by atoms with van der Waals surface area (Å²) in [5.74, 6) is 1.28. The number of benzene rings is 2. The van der Waals surface area contributed by atoms with Crippen molar-refractivity contribution in [1.29, 1.82) is 0 Å². The van der Waals surface area contributed by atoms with Crippen LogP contribution in [0.1, 0.15) is 28.8 Å². The number of nitrogens with zero attached hydrogens (tertiary/aromatic N) is 2. The number of ketones is 1. The molecule has 3 aromatic rings. The number of sulfonamides is 1. The summed E-state index contributed by atoms with van der Waals surface area (Å²) in [5.41, 5.74) is 3.28. The van der Waals surface area contributed by atoms with Gasteiger partial charge in [-0.1, -0.05) is 6.07 Å². The minimum Gasteiger partial charge on any atom is -0.340 e. The highest BCUT2D eigenvalue weighted by Gasteiger charge is 2.17. The Hall–Kier alpha value is -3.30. The Morgan fingerprint density at radius 2 is 1.63 bits per heavy atom. The van der Waals surface area contributed by atoms with Crippen molar-refractivity contribution in [2.45, 2.75) is 24.2 Å². The van der Waals surface area contributed by atoms with Crippen molar-refractivity contribution in [3.63, 3.8) is 0 Å². The molecule has 0 atom stereocenters. The van der Waals surface area contributed by atoms with Crippen LogP contribution < -0.4 is 15.4 Å². The topological polar surface area (TPSA) is 113 Å². The second-order valence-electron chi connectivity index (χ2n) is 6.92. The van der Waals surface area contributed by atoms with E-state index in [1.165, 1.54) is 25.5 Å². The highest BCUT2D eigenvalue weighted by molar-refractivity contribution is 7.89. The third-order valence-electron chi connectivity index (χ3n) is 4.88. The zero-order chi connectivity index (χ0) is 21.1. The monoisotopic (exact) mass is 423 g/mol. The average Bonchev–Trinajstić information content (AvgIpc) is 2.74. The van der Waals surface area contributed by atoms with Crippen molar-refractivity contribution in [1.82, 2.24) is 14.7 Å². The number of anilines is 4. The number of hydrogen-bond acceptors (Lipinski definition) is 7. The molecule has 0 fully saturated rings. The van der Waals surface area contributed by atoms with Gasteiger partial charge in [0.25, 0.3) is 0 Å². The van der Waals surface area contributed by atoms with Crippen molar-refractivity contribution < 1.29 is 13.2 Å². The van der Waals surface area contributed by atoms with Crippen molar-refractivity contribution in [3.05, 3.63) is 66.0 Å². The summed E-state index contributed by atoms with van der Waals surface area (Å²) in [6, 6.07) is 13.9. The molecule has 9 heteroatoms. The molecule has 4 rings (SSSR count). The molecular weight excluding hydrogens is 402 g/mol. The Labute approximate surface area is 174 Å². The quantitative estimate of drug-likeness (QED) is 0.557. The Bertz CT molecular complexity index is 1210. The molecule has 0 amide bonds. The lowest BCUT2D eigenvalue weighted by Crippen LogP contribution is -2.18. The minimum atomic E-state index is -3.53. The molecule has 0 unspecified atom stereocenters. The van der Waals surface area contributed by atoms with E-state index in [1.807, 2.05) is 18.2 Å². The predicted molar refractivity (Wildman–Crippen MR) is 115 cm³/mol. The molecule has 154 valence electrons. The zero-order valence-electron chi connectivity index (χ0n) is 16.3. The molecule has 1 aromatic heterocycles. The molecule has 0 aliphatic heterocycles. The van der Waals surface area contributed by atoms with Gasteiger partial charge in [-0.25, -0.2) is 23.1 Å². The predicted octanol–water partition coefficient (Wildman–Crippen LogP) is 3.39. The van der Waals surface area contributed by atoms with Crippen LogP contribution in [0.15, 0.2) is 59.8 Å². The maximum atomic E-state index is 12.0. The number of nitrogens with one attached hydrogen (secondary N) is 3. The van der Waals surface area contributed by atoms with Crippen molar-refractivity contribution in [3.8, 4) is 0 Å². The first-order chi connectivity index (χ1) is 14.4. The van der Waals surface area contributed by atoms with E-state index in [1.54, 1.807) is 18.2 Å². The van der Waals surface area contributed by atoms with Gasteiger partial charge in [-0.2, -0.15) is 0 Å². The molecule has 0 spiro atoms. The Balaban J connectivity index is 1.53. The van der Waals surface area contributed by atoms with Crippen LogP contribution in [0.4, 0.5) is 23.0 Å². The van der Waals surface area contributed by atoms with E-state index in [9.17, 15) is 13.2 Å². The molecular formula is C21H21N5O3S. The summed E-state index contributed by atoms with van der Waals surface area (Å²) in [5, 5.41) is 6.33. The molecule has 1 aliphatic rings. The smallest absolute Gasteiger partial charge is 0.240 e. The summed E-state index contributed by atoms with van der Waals surface area (Å²) < 4.78 is 26.3. The van der Waals surface area contributed by atoms with Gasteiger partial charge in [0.05, 0.1) is 4.90 Å². The van der Waals surface area contributed by atoms with Gasteiger partial charge in [-0.15, -0.1) is 0 Å².